The molecule has 0 spiro atoms. The Morgan fingerprint density at radius 1 is 0.446 bits per heavy atom. The molecule has 0 saturated heterocycles. The molecule has 316 valence electrons. The van der Waals surface area contributed by atoms with Crippen molar-refractivity contribution < 1.29 is 0 Å². The van der Waals surface area contributed by atoms with E-state index in [-0.39, 0.29) is 16.4 Å². The molecule has 0 fully saturated rings. The molecule has 10 aromatic rings. The highest BCUT2D eigenvalue weighted by Gasteiger charge is 2.40. The van der Waals surface area contributed by atoms with Crippen molar-refractivity contribution >= 4 is 65.8 Å². The molecule has 13 rings (SSSR count). The molecule has 0 aromatic heterocycles. The summed E-state index contributed by atoms with van der Waals surface area (Å²) >= 11 is 0. The Hall–Kier alpha value is -6.90. The summed E-state index contributed by atoms with van der Waals surface area (Å²) in [6, 6.07) is 63.3. The van der Waals surface area contributed by atoms with Crippen LogP contribution in [0.25, 0.3) is 76.5 Å². The largest absolute Gasteiger partial charge is 0.366 e. The molecule has 3 aliphatic rings. The predicted octanol–water partition coefficient (Wildman–Crippen LogP) is 17.0. The minimum Gasteiger partial charge on any atom is -0.366 e. The zero-order chi connectivity index (χ0) is 44.1. The molecule has 65 heavy (non-hydrogen) atoms. The molecule has 0 atom stereocenters. The van der Waals surface area contributed by atoms with Gasteiger partial charge >= 0.3 is 0 Å². The summed E-state index contributed by atoms with van der Waals surface area (Å²) in [6.07, 6.45) is 2.23. The van der Waals surface area contributed by atoms with Crippen LogP contribution in [0.5, 0.6) is 0 Å². The first kappa shape index (κ1) is 38.5. The van der Waals surface area contributed by atoms with Gasteiger partial charge in [-0.2, -0.15) is 0 Å². The zero-order valence-electron chi connectivity index (χ0n) is 38.6. The molecule has 1 heterocycles. The van der Waals surface area contributed by atoms with E-state index >= 15 is 0 Å². The fourth-order valence-electron chi connectivity index (χ4n) is 12.7. The summed E-state index contributed by atoms with van der Waals surface area (Å²) in [5, 5.41) is 10.4. The van der Waals surface area contributed by atoms with Crippen molar-refractivity contribution in [1.82, 2.24) is 0 Å². The third-order valence-electron chi connectivity index (χ3n) is 15.8. The zero-order valence-corrected chi connectivity index (χ0v) is 38.6. The van der Waals surface area contributed by atoms with Gasteiger partial charge in [0.2, 0.25) is 0 Å². The Kier molecular flexibility index (Phi) is 7.91. The number of anilines is 4. The molecule has 0 saturated carbocycles. The van der Waals surface area contributed by atoms with E-state index in [4.69, 9.17) is 0 Å². The Morgan fingerprint density at radius 2 is 1.03 bits per heavy atom. The number of rotatable bonds is 4. The molecule has 0 N–H and O–H groups in total. The molecule has 0 amide bonds. The maximum atomic E-state index is 2.69. The van der Waals surface area contributed by atoms with Gasteiger partial charge in [-0.05, 0) is 152 Å². The third-order valence-corrected chi connectivity index (χ3v) is 15.8. The lowest BCUT2D eigenvalue weighted by Crippen LogP contribution is -2.44. The first-order valence-electron chi connectivity index (χ1n) is 23.7. The number of nitrogens with zero attached hydrogens (tertiary/aromatic N) is 2. The van der Waals surface area contributed by atoms with Crippen LogP contribution in [0.3, 0.4) is 0 Å². The molecular formula is C63H54N2. The van der Waals surface area contributed by atoms with E-state index in [1.165, 1.54) is 127 Å². The van der Waals surface area contributed by atoms with E-state index in [1.54, 1.807) is 0 Å². The van der Waals surface area contributed by atoms with Crippen molar-refractivity contribution in [3.8, 4) is 33.4 Å². The van der Waals surface area contributed by atoms with Crippen LogP contribution in [0.1, 0.15) is 82.7 Å². The molecular weight excluding hydrogens is 785 g/mol. The van der Waals surface area contributed by atoms with E-state index in [1.807, 2.05) is 0 Å². The summed E-state index contributed by atoms with van der Waals surface area (Å²) in [5.74, 6) is 0. The first-order valence-corrected chi connectivity index (χ1v) is 23.7. The van der Waals surface area contributed by atoms with Crippen LogP contribution < -0.4 is 9.80 Å². The molecule has 2 aliphatic carbocycles. The monoisotopic (exact) mass is 838 g/mol. The average Bonchev–Trinajstić information content (AvgIpc) is 3.68. The Bertz CT molecular complexity index is 3630. The minimum absolute atomic E-state index is 0.0536. The van der Waals surface area contributed by atoms with Crippen molar-refractivity contribution in [2.45, 2.75) is 77.7 Å². The van der Waals surface area contributed by atoms with Crippen molar-refractivity contribution in [2.24, 2.45) is 0 Å². The lowest BCUT2D eigenvalue weighted by atomic mass is 9.81. The van der Waals surface area contributed by atoms with E-state index in [9.17, 15) is 0 Å². The highest BCUT2D eigenvalue weighted by molar-refractivity contribution is 6.35. The van der Waals surface area contributed by atoms with E-state index in [2.05, 4.69) is 222 Å². The lowest BCUT2D eigenvalue weighted by Gasteiger charge is -2.43. The number of hydrogen-bond donors (Lipinski definition) is 0. The molecule has 1 aliphatic heterocycles. The smallest absolute Gasteiger partial charge is 0.0547 e. The highest BCUT2D eigenvalue weighted by Crippen LogP contribution is 2.58. The maximum Gasteiger partial charge on any atom is 0.0547 e. The van der Waals surface area contributed by atoms with Gasteiger partial charge in [-0.15, -0.1) is 0 Å². The Balaban J connectivity index is 1.20. The second kappa shape index (κ2) is 13.3. The van der Waals surface area contributed by atoms with Gasteiger partial charge in [-0.3, -0.25) is 0 Å². The summed E-state index contributed by atoms with van der Waals surface area (Å²) in [6.45, 7) is 17.9. The Morgan fingerprint density at radius 3 is 1.74 bits per heavy atom. The SMILES string of the molecule is CC1(C)c2ccccc2-c2ccc(N(c3cc4c(cc3-c3cccc5c3N(C(C)(C)C)CCC5)-c3ccccc3C4(C)C)c3ccc4cccc5c6cccc7cccc(c3c45)c76)cc21. The van der Waals surface area contributed by atoms with Crippen LogP contribution in [-0.4, -0.2) is 12.1 Å². The van der Waals surface area contributed by atoms with E-state index in [0.29, 0.717) is 0 Å². The van der Waals surface area contributed by atoms with Crippen molar-refractivity contribution in [3.05, 3.63) is 192 Å². The van der Waals surface area contributed by atoms with E-state index in [0.717, 1.165) is 19.4 Å². The molecule has 2 heteroatoms. The summed E-state index contributed by atoms with van der Waals surface area (Å²) in [4.78, 5) is 5.37. The first-order chi connectivity index (χ1) is 31.4. The highest BCUT2D eigenvalue weighted by atomic mass is 15.2. The lowest BCUT2D eigenvalue weighted by molar-refractivity contribution is 0.484. The van der Waals surface area contributed by atoms with E-state index < -0.39 is 0 Å². The topological polar surface area (TPSA) is 6.48 Å². The van der Waals surface area contributed by atoms with Crippen molar-refractivity contribution in [2.75, 3.05) is 16.3 Å². The standard InChI is InChI=1S/C63H54N2/c1-61(2,3)64-34-16-21-40-20-15-26-47(60(40)64)50-36-49-43-23-9-11-29-52(43)63(6,7)54(49)37-56(50)65(41-31-32-44-42-22-8-10-28-51(42)62(4,5)53(44)35-41)55-33-30-39-19-13-25-46-45-24-12-17-38-18-14-27-48(57(38)45)59(55)58(39)46/h8-15,17-20,22-33,35-37H,16,21,34H2,1-7H3. The number of hydrogen-bond acceptors (Lipinski definition) is 2. The molecule has 10 aromatic carbocycles. The van der Waals surface area contributed by atoms with Crippen molar-refractivity contribution in [3.63, 3.8) is 0 Å². The van der Waals surface area contributed by atoms with Gasteiger partial charge in [-0.1, -0.05) is 161 Å². The number of fused-ring (bicyclic) bond motifs is 9. The maximum absolute atomic E-state index is 2.69. The van der Waals surface area contributed by atoms with Crippen LogP contribution in [0.15, 0.2) is 164 Å². The quantitative estimate of drug-likeness (QED) is 0.129. The van der Waals surface area contributed by atoms with Gasteiger partial charge in [0.15, 0.2) is 0 Å². The van der Waals surface area contributed by atoms with Gasteiger partial charge in [0, 0.05) is 50.8 Å². The summed E-state index contributed by atoms with van der Waals surface area (Å²) < 4.78 is 0. The third kappa shape index (κ3) is 5.29. The fraction of sp³-hybridized carbons (Fsp3) is 0.206. The van der Waals surface area contributed by atoms with Gasteiger partial charge < -0.3 is 9.80 Å². The van der Waals surface area contributed by atoms with Gasteiger partial charge in [-0.25, -0.2) is 0 Å². The van der Waals surface area contributed by atoms with Crippen LogP contribution in [-0.2, 0) is 17.3 Å². The molecule has 0 bridgehead atoms. The second-order valence-electron chi connectivity index (χ2n) is 21.1. The second-order valence-corrected chi connectivity index (χ2v) is 21.1. The van der Waals surface area contributed by atoms with Gasteiger partial charge in [0.25, 0.3) is 0 Å². The molecule has 0 radical (unpaired) electrons. The van der Waals surface area contributed by atoms with Crippen LogP contribution >= 0.6 is 0 Å². The fourth-order valence-corrected chi connectivity index (χ4v) is 12.7. The van der Waals surface area contributed by atoms with Crippen molar-refractivity contribution in [1.29, 1.82) is 0 Å². The van der Waals surface area contributed by atoms with Crippen LogP contribution in [0.4, 0.5) is 22.7 Å². The number of para-hydroxylation sites is 1. The molecule has 2 nitrogen and oxygen atoms in total. The van der Waals surface area contributed by atoms with Crippen LogP contribution in [0.2, 0.25) is 0 Å². The molecule has 0 unspecified atom stereocenters. The number of aryl methyl sites for hydroxylation is 1. The Labute approximate surface area is 383 Å². The van der Waals surface area contributed by atoms with Crippen LogP contribution in [0, 0.1) is 0 Å². The normalized spacial score (nSPS) is 15.6. The summed E-state index contributed by atoms with van der Waals surface area (Å²) in [7, 11) is 0. The number of benzene rings is 10. The minimum atomic E-state index is -0.199. The summed E-state index contributed by atoms with van der Waals surface area (Å²) in [5.41, 5.74) is 19.4. The van der Waals surface area contributed by atoms with Gasteiger partial charge in [0.1, 0.15) is 0 Å². The predicted molar refractivity (Wildman–Crippen MR) is 278 cm³/mol. The van der Waals surface area contributed by atoms with Gasteiger partial charge in [0.05, 0.1) is 11.4 Å². The average molecular weight is 839 g/mol.